The van der Waals surface area contributed by atoms with Gasteiger partial charge in [0.1, 0.15) is 6.10 Å². The lowest BCUT2D eigenvalue weighted by atomic mass is 9.76. The predicted octanol–water partition coefficient (Wildman–Crippen LogP) is -0.629. The lowest BCUT2D eigenvalue weighted by Crippen LogP contribution is -2.51. The van der Waals surface area contributed by atoms with Gasteiger partial charge in [-0.1, -0.05) is 6.92 Å². The van der Waals surface area contributed by atoms with Gasteiger partial charge in [-0.2, -0.15) is 0 Å². The molecule has 0 radical (unpaired) electrons. The standard InChI is InChI=1S/C9H18O4/c1-5-6(4-10)3-7(13-2)9(12)8(5)11/h5-12H,3-4H2,1-2H3/t5-,6?,7+,8-,9?/m1/s1. The molecule has 1 rings (SSSR count). The quantitative estimate of drug-likeness (QED) is 0.542. The monoisotopic (exact) mass is 190 g/mol. The third-order valence-electron chi connectivity index (χ3n) is 3.09. The zero-order valence-electron chi connectivity index (χ0n) is 8.05. The van der Waals surface area contributed by atoms with Gasteiger partial charge in [0.2, 0.25) is 0 Å². The first-order valence-corrected chi connectivity index (χ1v) is 4.61. The third-order valence-corrected chi connectivity index (χ3v) is 3.09. The Bertz CT molecular complexity index is 142. The first-order valence-electron chi connectivity index (χ1n) is 4.61. The molecule has 1 fully saturated rings. The predicted molar refractivity (Wildman–Crippen MR) is 47.2 cm³/mol. The molecular weight excluding hydrogens is 172 g/mol. The topological polar surface area (TPSA) is 69.9 Å². The molecule has 0 bridgehead atoms. The van der Waals surface area contributed by atoms with Crippen LogP contribution in [0.1, 0.15) is 13.3 Å². The van der Waals surface area contributed by atoms with Crippen LogP contribution in [0, 0.1) is 11.8 Å². The van der Waals surface area contributed by atoms with Crippen molar-refractivity contribution in [1.29, 1.82) is 0 Å². The molecule has 5 atom stereocenters. The minimum Gasteiger partial charge on any atom is -0.396 e. The van der Waals surface area contributed by atoms with Gasteiger partial charge in [0.25, 0.3) is 0 Å². The van der Waals surface area contributed by atoms with E-state index in [2.05, 4.69) is 0 Å². The van der Waals surface area contributed by atoms with E-state index >= 15 is 0 Å². The Balaban J connectivity index is 2.66. The van der Waals surface area contributed by atoms with E-state index < -0.39 is 12.2 Å². The Morgan fingerprint density at radius 1 is 1.31 bits per heavy atom. The first-order chi connectivity index (χ1) is 6.11. The number of ether oxygens (including phenoxy) is 1. The molecule has 3 N–H and O–H groups in total. The van der Waals surface area contributed by atoms with Gasteiger partial charge in [-0.05, 0) is 18.3 Å². The van der Waals surface area contributed by atoms with Gasteiger partial charge in [-0.3, -0.25) is 0 Å². The number of rotatable bonds is 2. The zero-order chi connectivity index (χ0) is 10.0. The van der Waals surface area contributed by atoms with Crippen LogP contribution in [0.5, 0.6) is 0 Å². The van der Waals surface area contributed by atoms with Crippen LogP contribution in [0.25, 0.3) is 0 Å². The average molecular weight is 190 g/mol. The fraction of sp³-hybridized carbons (Fsp3) is 1.00. The Morgan fingerprint density at radius 3 is 2.38 bits per heavy atom. The van der Waals surface area contributed by atoms with Crippen molar-refractivity contribution in [3.63, 3.8) is 0 Å². The van der Waals surface area contributed by atoms with Gasteiger partial charge in [0, 0.05) is 13.7 Å². The molecule has 13 heavy (non-hydrogen) atoms. The average Bonchev–Trinajstić information content (AvgIpc) is 2.15. The van der Waals surface area contributed by atoms with Crippen molar-refractivity contribution >= 4 is 0 Å². The molecule has 0 amide bonds. The summed E-state index contributed by atoms with van der Waals surface area (Å²) in [5.74, 6) is -0.0604. The molecule has 4 heteroatoms. The van der Waals surface area contributed by atoms with E-state index in [0.29, 0.717) is 6.42 Å². The second-order valence-electron chi connectivity index (χ2n) is 3.79. The van der Waals surface area contributed by atoms with E-state index in [-0.39, 0.29) is 24.5 Å². The van der Waals surface area contributed by atoms with Crippen LogP contribution >= 0.6 is 0 Å². The van der Waals surface area contributed by atoms with Crippen LogP contribution in [-0.4, -0.2) is 47.3 Å². The summed E-state index contributed by atoms with van der Waals surface area (Å²) in [6.45, 7) is 1.87. The summed E-state index contributed by atoms with van der Waals surface area (Å²) >= 11 is 0. The first kappa shape index (κ1) is 10.9. The maximum Gasteiger partial charge on any atom is 0.106 e. The number of methoxy groups -OCH3 is 1. The van der Waals surface area contributed by atoms with Crippen LogP contribution < -0.4 is 0 Å². The van der Waals surface area contributed by atoms with Crippen LogP contribution in [0.15, 0.2) is 0 Å². The van der Waals surface area contributed by atoms with E-state index in [4.69, 9.17) is 9.84 Å². The number of aliphatic hydroxyl groups is 3. The second-order valence-corrected chi connectivity index (χ2v) is 3.79. The molecule has 1 aliphatic carbocycles. The molecule has 0 aromatic rings. The van der Waals surface area contributed by atoms with Gasteiger partial charge in [-0.25, -0.2) is 0 Å². The molecular formula is C9H18O4. The van der Waals surface area contributed by atoms with E-state index in [0.717, 1.165) is 0 Å². The number of aliphatic hydroxyl groups excluding tert-OH is 3. The molecule has 0 spiro atoms. The lowest BCUT2D eigenvalue weighted by Gasteiger charge is -2.40. The molecule has 4 nitrogen and oxygen atoms in total. The second kappa shape index (κ2) is 4.37. The van der Waals surface area contributed by atoms with Gasteiger partial charge in [-0.15, -0.1) is 0 Å². The summed E-state index contributed by atoms with van der Waals surface area (Å²) in [5, 5.41) is 28.2. The molecule has 1 aliphatic rings. The summed E-state index contributed by atoms with van der Waals surface area (Å²) < 4.78 is 5.03. The number of hydrogen-bond donors (Lipinski definition) is 3. The summed E-state index contributed by atoms with van der Waals surface area (Å²) in [5.41, 5.74) is 0. The molecule has 78 valence electrons. The van der Waals surface area contributed by atoms with Gasteiger partial charge < -0.3 is 20.1 Å². The molecule has 0 aromatic heterocycles. The minimum atomic E-state index is -0.831. The van der Waals surface area contributed by atoms with Crippen molar-refractivity contribution in [1.82, 2.24) is 0 Å². The third kappa shape index (κ3) is 2.02. The Kier molecular flexibility index (Phi) is 3.67. The molecule has 0 saturated heterocycles. The van der Waals surface area contributed by atoms with Crippen molar-refractivity contribution in [3.05, 3.63) is 0 Å². The molecule has 0 aromatic carbocycles. The smallest absolute Gasteiger partial charge is 0.106 e. The van der Waals surface area contributed by atoms with Gasteiger partial charge in [0.05, 0.1) is 12.2 Å². The Hall–Kier alpha value is -0.160. The van der Waals surface area contributed by atoms with E-state index in [1.54, 1.807) is 0 Å². The lowest BCUT2D eigenvalue weighted by molar-refractivity contribution is -0.142. The van der Waals surface area contributed by atoms with Crippen molar-refractivity contribution in [3.8, 4) is 0 Å². The van der Waals surface area contributed by atoms with E-state index in [1.165, 1.54) is 7.11 Å². The van der Waals surface area contributed by atoms with E-state index in [9.17, 15) is 10.2 Å². The molecule has 0 heterocycles. The van der Waals surface area contributed by atoms with E-state index in [1.807, 2.05) is 6.92 Å². The minimum absolute atomic E-state index is 0.0170. The summed E-state index contributed by atoms with van der Waals surface area (Å²) in [7, 11) is 1.50. The van der Waals surface area contributed by atoms with Crippen molar-refractivity contribution < 1.29 is 20.1 Å². The fourth-order valence-corrected chi connectivity index (χ4v) is 1.94. The summed E-state index contributed by atoms with van der Waals surface area (Å²) in [6.07, 6.45) is -1.38. The van der Waals surface area contributed by atoms with Crippen molar-refractivity contribution in [2.45, 2.75) is 31.7 Å². The largest absolute Gasteiger partial charge is 0.396 e. The molecule has 0 aliphatic heterocycles. The van der Waals surface area contributed by atoms with Crippen LogP contribution in [0.2, 0.25) is 0 Å². The maximum absolute atomic E-state index is 9.61. The Morgan fingerprint density at radius 2 is 1.92 bits per heavy atom. The molecule has 1 saturated carbocycles. The Labute approximate surface area is 78.1 Å². The fourth-order valence-electron chi connectivity index (χ4n) is 1.94. The summed E-state index contributed by atoms with van der Waals surface area (Å²) in [6, 6.07) is 0. The van der Waals surface area contributed by atoms with Crippen LogP contribution in [-0.2, 0) is 4.74 Å². The normalized spacial score (nSPS) is 46.4. The highest BCUT2D eigenvalue weighted by Gasteiger charge is 2.40. The highest BCUT2D eigenvalue weighted by Crippen LogP contribution is 2.31. The maximum atomic E-state index is 9.61. The SMILES string of the molecule is CO[C@H]1CC(CO)[C@@H](C)[C@@H](O)C1O. The van der Waals surface area contributed by atoms with Crippen LogP contribution in [0.4, 0.5) is 0 Å². The van der Waals surface area contributed by atoms with Crippen molar-refractivity contribution in [2.75, 3.05) is 13.7 Å². The number of hydrogen-bond acceptors (Lipinski definition) is 4. The zero-order valence-corrected chi connectivity index (χ0v) is 8.05. The highest BCUT2D eigenvalue weighted by atomic mass is 16.5. The summed E-state index contributed by atoms with van der Waals surface area (Å²) in [4.78, 5) is 0. The van der Waals surface area contributed by atoms with Gasteiger partial charge >= 0.3 is 0 Å². The van der Waals surface area contributed by atoms with Crippen molar-refractivity contribution in [2.24, 2.45) is 11.8 Å². The highest BCUT2D eigenvalue weighted by molar-refractivity contribution is 4.90. The molecule has 2 unspecified atom stereocenters. The van der Waals surface area contributed by atoms with Gasteiger partial charge in [0.15, 0.2) is 0 Å². The van der Waals surface area contributed by atoms with Crippen LogP contribution in [0.3, 0.4) is 0 Å².